The third kappa shape index (κ3) is 2.99. The maximum absolute atomic E-state index is 12.4. The van der Waals surface area contributed by atoms with E-state index in [4.69, 9.17) is 4.74 Å². The van der Waals surface area contributed by atoms with Crippen molar-refractivity contribution in [2.24, 2.45) is 0 Å². The molecule has 1 atom stereocenters. The van der Waals surface area contributed by atoms with E-state index in [9.17, 15) is 14.7 Å². The molecular weight excluding hydrogens is 258 g/mol. The van der Waals surface area contributed by atoms with Crippen molar-refractivity contribution in [2.75, 3.05) is 20.3 Å². The molecule has 0 aliphatic carbocycles. The highest BCUT2D eigenvalue weighted by atomic mass is 16.5. The van der Waals surface area contributed by atoms with Crippen LogP contribution in [0.1, 0.15) is 28.8 Å². The fourth-order valence-corrected chi connectivity index (χ4v) is 2.58. The third-order valence-electron chi connectivity index (χ3n) is 3.62. The van der Waals surface area contributed by atoms with Gasteiger partial charge in [0.15, 0.2) is 0 Å². The summed E-state index contributed by atoms with van der Waals surface area (Å²) in [6.45, 7) is 0.961. The van der Waals surface area contributed by atoms with Crippen LogP contribution in [0.4, 0.5) is 0 Å². The lowest BCUT2D eigenvalue weighted by atomic mass is 9.97. The zero-order chi connectivity index (χ0) is 14.5. The van der Waals surface area contributed by atoms with Gasteiger partial charge in [0.25, 0.3) is 5.91 Å². The van der Waals surface area contributed by atoms with Gasteiger partial charge in [0.05, 0.1) is 0 Å². The molecule has 1 unspecified atom stereocenters. The summed E-state index contributed by atoms with van der Waals surface area (Å²) in [6.07, 6.45) is 1.74. The predicted octanol–water partition coefficient (Wildman–Crippen LogP) is 1.56. The van der Waals surface area contributed by atoms with Crippen LogP contribution in [0.15, 0.2) is 24.3 Å². The molecule has 1 amide bonds. The molecule has 1 N–H and O–H groups in total. The molecule has 1 heterocycles. The lowest BCUT2D eigenvalue weighted by molar-refractivity contribution is -0.142. The summed E-state index contributed by atoms with van der Waals surface area (Å²) in [4.78, 5) is 25.3. The summed E-state index contributed by atoms with van der Waals surface area (Å²) < 4.78 is 4.95. The summed E-state index contributed by atoms with van der Waals surface area (Å²) >= 11 is 0. The Morgan fingerprint density at radius 2 is 2.20 bits per heavy atom. The van der Waals surface area contributed by atoms with Gasteiger partial charge in [0.2, 0.25) is 0 Å². The first-order valence-electron chi connectivity index (χ1n) is 6.75. The van der Waals surface area contributed by atoms with E-state index in [0.717, 1.165) is 5.56 Å². The third-order valence-corrected chi connectivity index (χ3v) is 3.62. The number of carboxylic acid groups (broad SMARTS) is 1. The van der Waals surface area contributed by atoms with Gasteiger partial charge in [-0.2, -0.15) is 0 Å². The first kappa shape index (κ1) is 14.5. The van der Waals surface area contributed by atoms with Crippen LogP contribution in [0.5, 0.6) is 0 Å². The maximum atomic E-state index is 12.4. The molecule has 5 nitrogen and oxygen atoms in total. The molecule has 20 heavy (non-hydrogen) atoms. The lowest BCUT2D eigenvalue weighted by Gasteiger charge is -2.33. The van der Waals surface area contributed by atoms with Crippen molar-refractivity contribution in [2.45, 2.75) is 25.3 Å². The van der Waals surface area contributed by atoms with Crippen LogP contribution < -0.4 is 0 Å². The van der Waals surface area contributed by atoms with Gasteiger partial charge in [-0.25, -0.2) is 4.79 Å². The standard InChI is InChI=1S/C15H19NO4/c1-20-10-4-7-13(15(18)19)16-9-8-11-5-2-3-6-12(11)14(16)17/h2-3,5-6,13H,4,7-10H2,1H3,(H,18,19). The molecular formula is C15H19NO4. The van der Waals surface area contributed by atoms with Crippen LogP contribution in [-0.4, -0.2) is 48.2 Å². The number of hydrogen-bond donors (Lipinski definition) is 1. The van der Waals surface area contributed by atoms with Crippen LogP contribution in [-0.2, 0) is 16.0 Å². The molecule has 0 saturated carbocycles. The second kappa shape index (κ2) is 6.52. The van der Waals surface area contributed by atoms with Crippen molar-refractivity contribution in [1.29, 1.82) is 0 Å². The fraction of sp³-hybridized carbons (Fsp3) is 0.467. The monoisotopic (exact) mass is 277 g/mol. The largest absolute Gasteiger partial charge is 0.480 e. The second-order valence-electron chi connectivity index (χ2n) is 4.89. The minimum absolute atomic E-state index is 0.184. The summed E-state index contributed by atoms with van der Waals surface area (Å²) in [5, 5.41) is 9.36. The Balaban J connectivity index is 2.15. The van der Waals surface area contributed by atoms with Crippen molar-refractivity contribution >= 4 is 11.9 Å². The van der Waals surface area contributed by atoms with E-state index in [-0.39, 0.29) is 5.91 Å². The molecule has 1 aromatic rings. The number of amides is 1. The van der Waals surface area contributed by atoms with Gasteiger partial charge in [-0.3, -0.25) is 4.79 Å². The van der Waals surface area contributed by atoms with Crippen molar-refractivity contribution in [3.05, 3.63) is 35.4 Å². The van der Waals surface area contributed by atoms with Gasteiger partial charge in [0.1, 0.15) is 6.04 Å². The van der Waals surface area contributed by atoms with E-state index in [2.05, 4.69) is 0 Å². The number of carboxylic acids is 1. The first-order valence-corrected chi connectivity index (χ1v) is 6.75. The number of rotatable bonds is 6. The number of aliphatic carboxylic acids is 1. The highest BCUT2D eigenvalue weighted by Crippen LogP contribution is 2.22. The van der Waals surface area contributed by atoms with E-state index in [1.54, 1.807) is 19.2 Å². The van der Waals surface area contributed by atoms with Gasteiger partial charge >= 0.3 is 5.97 Å². The van der Waals surface area contributed by atoms with E-state index in [1.165, 1.54) is 4.90 Å². The fourth-order valence-electron chi connectivity index (χ4n) is 2.58. The summed E-state index contributed by atoms with van der Waals surface area (Å²) in [5.41, 5.74) is 1.62. The van der Waals surface area contributed by atoms with Gasteiger partial charge in [-0.05, 0) is 30.9 Å². The minimum atomic E-state index is -0.950. The summed E-state index contributed by atoms with van der Waals surface area (Å²) in [7, 11) is 1.58. The number of fused-ring (bicyclic) bond motifs is 1. The van der Waals surface area contributed by atoms with Gasteiger partial charge in [-0.1, -0.05) is 18.2 Å². The molecule has 0 radical (unpaired) electrons. The number of carbonyl (C=O) groups is 2. The van der Waals surface area contributed by atoms with Gasteiger partial charge < -0.3 is 14.7 Å². The summed E-state index contributed by atoms with van der Waals surface area (Å²) in [6, 6.07) is 6.62. The number of carbonyl (C=O) groups excluding carboxylic acids is 1. The Bertz CT molecular complexity index is 500. The molecule has 1 aliphatic heterocycles. The zero-order valence-electron chi connectivity index (χ0n) is 11.5. The highest BCUT2D eigenvalue weighted by molar-refractivity contribution is 5.98. The molecule has 108 valence electrons. The predicted molar refractivity (Wildman–Crippen MR) is 73.7 cm³/mol. The van der Waals surface area contributed by atoms with Crippen molar-refractivity contribution in [1.82, 2.24) is 4.90 Å². The minimum Gasteiger partial charge on any atom is -0.480 e. The molecule has 1 aromatic carbocycles. The van der Waals surface area contributed by atoms with Crippen LogP contribution in [0, 0.1) is 0 Å². The SMILES string of the molecule is COCCCC(C(=O)O)N1CCc2ccccc2C1=O. The Morgan fingerprint density at radius 1 is 1.45 bits per heavy atom. The molecule has 0 spiro atoms. The van der Waals surface area contributed by atoms with E-state index in [1.807, 2.05) is 12.1 Å². The van der Waals surface area contributed by atoms with Crippen molar-refractivity contribution in [3.63, 3.8) is 0 Å². The van der Waals surface area contributed by atoms with E-state index in [0.29, 0.717) is 38.0 Å². The Morgan fingerprint density at radius 3 is 2.90 bits per heavy atom. The molecule has 2 rings (SSSR count). The Kier molecular flexibility index (Phi) is 4.74. The van der Waals surface area contributed by atoms with E-state index >= 15 is 0 Å². The smallest absolute Gasteiger partial charge is 0.326 e. The maximum Gasteiger partial charge on any atom is 0.326 e. The lowest BCUT2D eigenvalue weighted by Crippen LogP contribution is -2.48. The number of methoxy groups -OCH3 is 1. The molecule has 0 fully saturated rings. The molecule has 5 heteroatoms. The first-order chi connectivity index (χ1) is 9.65. The Hall–Kier alpha value is -1.88. The van der Waals surface area contributed by atoms with Crippen LogP contribution in [0.3, 0.4) is 0 Å². The molecule has 0 aromatic heterocycles. The second-order valence-corrected chi connectivity index (χ2v) is 4.89. The normalized spacial score (nSPS) is 15.8. The van der Waals surface area contributed by atoms with Crippen molar-refractivity contribution in [3.8, 4) is 0 Å². The average molecular weight is 277 g/mol. The van der Waals surface area contributed by atoms with Gasteiger partial charge in [0, 0.05) is 25.8 Å². The van der Waals surface area contributed by atoms with Crippen molar-refractivity contribution < 1.29 is 19.4 Å². The van der Waals surface area contributed by atoms with E-state index < -0.39 is 12.0 Å². The number of hydrogen-bond acceptors (Lipinski definition) is 3. The number of nitrogens with zero attached hydrogens (tertiary/aromatic N) is 1. The zero-order valence-corrected chi connectivity index (χ0v) is 11.5. The number of ether oxygens (including phenoxy) is 1. The van der Waals surface area contributed by atoms with Crippen LogP contribution in [0.25, 0.3) is 0 Å². The summed E-state index contributed by atoms with van der Waals surface area (Å²) in [5.74, 6) is -1.13. The quantitative estimate of drug-likeness (QED) is 0.801. The topological polar surface area (TPSA) is 66.8 Å². The Labute approximate surface area is 118 Å². The van der Waals surface area contributed by atoms with Gasteiger partial charge in [-0.15, -0.1) is 0 Å². The molecule has 0 bridgehead atoms. The average Bonchev–Trinajstić information content (AvgIpc) is 2.45. The van der Waals surface area contributed by atoms with Crippen LogP contribution >= 0.6 is 0 Å². The highest BCUT2D eigenvalue weighted by Gasteiger charge is 2.33. The van der Waals surface area contributed by atoms with Crippen LogP contribution in [0.2, 0.25) is 0 Å². The number of benzene rings is 1. The molecule has 1 aliphatic rings. The molecule has 0 saturated heterocycles.